The van der Waals surface area contributed by atoms with E-state index in [1.807, 2.05) is 24.4 Å². The number of nitrogens with zero attached hydrogens (tertiary/aromatic N) is 7. The van der Waals surface area contributed by atoms with Gasteiger partial charge in [0.05, 0.1) is 29.3 Å². The van der Waals surface area contributed by atoms with Gasteiger partial charge in [-0.3, -0.25) is 19.6 Å². The maximum Gasteiger partial charge on any atom is 0.249 e. The van der Waals surface area contributed by atoms with Gasteiger partial charge in [0.15, 0.2) is 5.82 Å². The Balaban J connectivity index is 0.903. The molecule has 0 unspecified atom stereocenters. The zero-order chi connectivity index (χ0) is 35.1. The topological polar surface area (TPSA) is 146 Å². The molecule has 51 heavy (non-hydrogen) atoms. The molecule has 1 atom stereocenters. The molecular weight excluding hydrogens is 659 g/mol. The molecule has 4 aromatic rings. The van der Waals surface area contributed by atoms with Crippen molar-refractivity contribution in [1.29, 1.82) is 0 Å². The van der Waals surface area contributed by atoms with Gasteiger partial charge in [0.25, 0.3) is 0 Å². The lowest BCUT2D eigenvalue weighted by molar-refractivity contribution is -0.134. The number of phenols is 1. The largest absolute Gasteiger partial charge is 0.507 e. The van der Waals surface area contributed by atoms with Gasteiger partial charge in [0.1, 0.15) is 11.8 Å². The average molecular weight is 706 g/mol. The molecule has 2 aromatic heterocycles. The van der Waals surface area contributed by atoms with Gasteiger partial charge < -0.3 is 25.5 Å². The summed E-state index contributed by atoms with van der Waals surface area (Å²) in [7, 11) is -0.394. The van der Waals surface area contributed by atoms with Gasteiger partial charge in [-0.15, -0.1) is 10.2 Å². The molecule has 4 N–H and O–H groups in total. The van der Waals surface area contributed by atoms with E-state index < -0.39 is 9.52 Å². The molecule has 2 aromatic carbocycles. The van der Waals surface area contributed by atoms with Crippen LogP contribution in [-0.4, -0.2) is 94.7 Å². The highest BCUT2D eigenvalue weighted by Crippen LogP contribution is 2.44. The molecule has 8 rings (SSSR count). The number of imide groups is 1. The van der Waals surface area contributed by atoms with Crippen LogP contribution in [0.1, 0.15) is 57.4 Å². The van der Waals surface area contributed by atoms with E-state index in [1.54, 1.807) is 12.1 Å². The van der Waals surface area contributed by atoms with Crippen LogP contribution in [0.15, 0.2) is 67.0 Å². The van der Waals surface area contributed by atoms with Gasteiger partial charge in [0.2, 0.25) is 11.8 Å². The van der Waals surface area contributed by atoms with Crippen molar-refractivity contribution in [3.05, 3.63) is 67.0 Å². The third-order valence-corrected chi connectivity index (χ3v) is 14.5. The Morgan fingerprint density at radius 3 is 2.37 bits per heavy atom. The number of hydrogen-bond acceptors (Lipinski definition) is 10. The summed E-state index contributed by atoms with van der Waals surface area (Å²) >= 11 is 0. The van der Waals surface area contributed by atoms with Crippen LogP contribution in [0.5, 0.6) is 5.75 Å². The highest BCUT2D eigenvalue weighted by molar-refractivity contribution is 6.39. The zero-order valence-electron chi connectivity index (χ0n) is 29.2. The van der Waals surface area contributed by atoms with Crippen LogP contribution in [-0.2, 0) is 9.59 Å². The molecule has 0 bridgehead atoms. The van der Waals surface area contributed by atoms with Crippen LogP contribution in [0.2, 0.25) is 6.55 Å². The third kappa shape index (κ3) is 6.26. The number of piperidine rings is 2. The SMILES string of the molecule is C[SiH2][C@]1(N2CCN([C@H]3CCC(=O)NC3=O)c3ccccc32)CC[C@@H](N2CCC(n3cc(-c4cc(-c5ccccc5O)nnc4N)cn3)CC2)CC1. The average Bonchev–Trinajstić information content (AvgIpc) is 3.66. The number of phenolic OH excluding ortho intramolecular Hbond substituents is 1. The predicted molar refractivity (Wildman–Crippen MR) is 201 cm³/mol. The number of aromatic nitrogens is 4. The van der Waals surface area contributed by atoms with Crippen LogP contribution in [0, 0.1) is 0 Å². The second kappa shape index (κ2) is 13.8. The number of carbonyl (C=O) groups excluding carboxylic acids is 2. The Morgan fingerprint density at radius 2 is 1.63 bits per heavy atom. The number of hydrogen-bond donors (Lipinski definition) is 3. The first-order chi connectivity index (χ1) is 24.8. The van der Waals surface area contributed by atoms with Crippen LogP contribution in [0.4, 0.5) is 17.2 Å². The van der Waals surface area contributed by atoms with Crippen molar-refractivity contribution in [1.82, 2.24) is 30.2 Å². The normalized spacial score (nSPS) is 25.0. The fourth-order valence-electron chi connectivity index (χ4n) is 9.15. The fourth-order valence-corrected chi connectivity index (χ4v) is 11.0. The number of aromatic hydroxyl groups is 1. The minimum Gasteiger partial charge on any atom is -0.507 e. The lowest BCUT2D eigenvalue weighted by Crippen LogP contribution is -2.62. The Hall–Kier alpha value is -4.75. The quantitative estimate of drug-likeness (QED) is 0.191. The van der Waals surface area contributed by atoms with Crippen LogP contribution < -0.4 is 20.9 Å². The van der Waals surface area contributed by atoms with Crippen molar-refractivity contribution in [3.8, 4) is 28.1 Å². The third-order valence-electron chi connectivity index (χ3n) is 12.1. The summed E-state index contributed by atoms with van der Waals surface area (Å²) in [6, 6.07) is 18.2. The maximum atomic E-state index is 12.8. The number of nitrogens with two attached hydrogens (primary N) is 1. The van der Waals surface area contributed by atoms with Crippen LogP contribution in [0.3, 0.4) is 0 Å². The summed E-state index contributed by atoms with van der Waals surface area (Å²) in [4.78, 5) is 32.4. The summed E-state index contributed by atoms with van der Waals surface area (Å²) in [5, 5.41) is 26.3. The summed E-state index contributed by atoms with van der Waals surface area (Å²) in [6.45, 7) is 6.31. The summed E-state index contributed by atoms with van der Waals surface area (Å²) in [5.41, 5.74) is 11.5. The van der Waals surface area contributed by atoms with Crippen molar-refractivity contribution in [2.75, 3.05) is 41.7 Å². The molecule has 1 saturated carbocycles. The predicted octanol–water partition coefficient (Wildman–Crippen LogP) is 3.92. The second-order valence-electron chi connectivity index (χ2n) is 14.6. The fraction of sp³-hybridized carbons (Fsp3) is 0.447. The number of para-hydroxylation sites is 3. The lowest BCUT2D eigenvalue weighted by atomic mass is 9.86. The van der Waals surface area contributed by atoms with E-state index in [0.29, 0.717) is 42.0 Å². The molecular formula is C38H47N9O3Si. The molecule has 5 heterocycles. The van der Waals surface area contributed by atoms with E-state index in [4.69, 9.17) is 10.8 Å². The number of benzene rings is 2. The number of anilines is 3. The number of carbonyl (C=O) groups is 2. The maximum absolute atomic E-state index is 12.8. The molecule has 1 aliphatic carbocycles. The molecule has 3 fully saturated rings. The van der Waals surface area contributed by atoms with Gasteiger partial charge in [-0.1, -0.05) is 30.8 Å². The standard InChI is InChI=1S/C38H47N9O3Si/c1-51-38(46-21-20-45(31-7-3-4-8-32(31)46)33-10-11-35(49)41-37(33)50)16-12-26(13-17-38)44-18-14-27(15-19-44)47-24-25(23-40-47)29-22-30(42-43-36(29)39)28-6-2-5-9-34(28)48/h2-9,22-24,26-27,33,48H,10-21,51H2,1H3,(H2,39,43)(H,41,49,50)/t26-,33-,38-/m0/s1. The molecule has 2 amide bonds. The summed E-state index contributed by atoms with van der Waals surface area (Å²) < 4.78 is 2.09. The Morgan fingerprint density at radius 1 is 0.882 bits per heavy atom. The van der Waals surface area contributed by atoms with Crippen molar-refractivity contribution < 1.29 is 14.7 Å². The first-order valence-electron chi connectivity index (χ1n) is 18.5. The minimum absolute atomic E-state index is 0.153. The summed E-state index contributed by atoms with van der Waals surface area (Å²) in [5.74, 6) is 0.162. The van der Waals surface area contributed by atoms with Crippen LogP contribution >= 0.6 is 0 Å². The number of nitrogens with one attached hydrogen (secondary N) is 1. The Kier molecular flexibility index (Phi) is 9.01. The molecule has 4 aliphatic rings. The molecule has 3 aliphatic heterocycles. The van der Waals surface area contributed by atoms with E-state index in [1.165, 1.54) is 31.4 Å². The van der Waals surface area contributed by atoms with Crippen molar-refractivity contribution in [3.63, 3.8) is 0 Å². The molecule has 13 heteroatoms. The van der Waals surface area contributed by atoms with Crippen molar-refractivity contribution in [2.45, 2.75) is 81.2 Å². The smallest absolute Gasteiger partial charge is 0.249 e. The van der Waals surface area contributed by atoms with E-state index in [2.05, 4.69) is 71.9 Å². The lowest BCUT2D eigenvalue weighted by Gasteiger charge is -2.54. The second-order valence-corrected chi connectivity index (χ2v) is 16.7. The highest BCUT2D eigenvalue weighted by Gasteiger charge is 2.44. The Labute approximate surface area is 300 Å². The van der Waals surface area contributed by atoms with Crippen LogP contribution in [0.25, 0.3) is 22.4 Å². The van der Waals surface area contributed by atoms with E-state index >= 15 is 0 Å². The molecule has 2 saturated heterocycles. The van der Waals surface area contributed by atoms with Gasteiger partial charge in [-0.25, -0.2) is 0 Å². The van der Waals surface area contributed by atoms with Gasteiger partial charge in [0, 0.05) is 76.2 Å². The zero-order valence-corrected chi connectivity index (χ0v) is 30.7. The first kappa shape index (κ1) is 33.4. The molecule has 0 spiro atoms. The molecule has 266 valence electrons. The van der Waals surface area contributed by atoms with Gasteiger partial charge in [-0.05, 0) is 75.3 Å². The van der Waals surface area contributed by atoms with Crippen molar-refractivity contribution >= 4 is 38.5 Å². The molecule has 12 nitrogen and oxygen atoms in total. The molecule has 0 radical (unpaired) electrons. The number of nitrogen functional groups attached to an aromatic ring is 1. The minimum atomic E-state index is -0.394. The van der Waals surface area contributed by atoms with Crippen molar-refractivity contribution in [2.24, 2.45) is 0 Å². The van der Waals surface area contributed by atoms with E-state index in [0.717, 1.165) is 55.8 Å². The highest BCUT2D eigenvalue weighted by atomic mass is 28.2. The van der Waals surface area contributed by atoms with Gasteiger partial charge in [-0.2, -0.15) is 5.10 Å². The first-order valence-corrected chi connectivity index (χ1v) is 20.6. The van der Waals surface area contributed by atoms with E-state index in [9.17, 15) is 14.7 Å². The monoisotopic (exact) mass is 705 g/mol. The van der Waals surface area contributed by atoms with E-state index in [-0.39, 0.29) is 28.8 Å². The van der Waals surface area contributed by atoms with Gasteiger partial charge >= 0.3 is 0 Å². The number of fused-ring (bicyclic) bond motifs is 1. The number of likely N-dealkylation sites (tertiary alicyclic amines) is 1. The number of rotatable bonds is 7. The Bertz CT molecular complexity index is 1920. The summed E-state index contributed by atoms with van der Waals surface area (Å²) in [6.07, 6.45) is 11.8. The number of amides is 2.